The van der Waals surface area contributed by atoms with Crippen molar-refractivity contribution in [1.82, 2.24) is 30.0 Å². The summed E-state index contributed by atoms with van der Waals surface area (Å²) in [5.74, 6) is 0.658. The summed E-state index contributed by atoms with van der Waals surface area (Å²) >= 11 is 1.52. The molecule has 0 aliphatic heterocycles. The van der Waals surface area contributed by atoms with Crippen LogP contribution in [-0.4, -0.2) is 30.0 Å². The highest BCUT2D eigenvalue weighted by atomic mass is 32.1. The maximum Gasteiger partial charge on any atom is 0.235 e. The molecule has 27 heavy (non-hydrogen) atoms. The van der Waals surface area contributed by atoms with Gasteiger partial charge in [-0.25, -0.2) is 0 Å². The van der Waals surface area contributed by atoms with E-state index in [-0.39, 0.29) is 0 Å². The highest BCUT2D eigenvalue weighted by Gasteiger charge is 2.16. The first-order valence-corrected chi connectivity index (χ1v) is 9.41. The molecule has 132 valence electrons. The molecular weight excluding hydrogens is 356 g/mol. The molecule has 0 fully saturated rings. The van der Waals surface area contributed by atoms with Crippen LogP contribution in [0.4, 0.5) is 0 Å². The van der Waals surface area contributed by atoms with Gasteiger partial charge in [0, 0.05) is 11.1 Å². The van der Waals surface area contributed by atoms with Gasteiger partial charge in [-0.15, -0.1) is 10.2 Å². The van der Waals surface area contributed by atoms with E-state index in [0.717, 1.165) is 32.5 Å². The van der Waals surface area contributed by atoms with Crippen molar-refractivity contribution >= 4 is 16.3 Å². The summed E-state index contributed by atoms with van der Waals surface area (Å²) in [5.41, 5.74) is 6.23. The van der Waals surface area contributed by atoms with Crippen molar-refractivity contribution in [3.05, 3.63) is 65.7 Å². The Morgan fingerprint density at radius 2 is 1.74 bits per heavy atom. The third-order valence-electron chi connectivity index (χ3n) is 4.42. The normalized spacial score (nSPS) is 11.3. The summed E-state index contributed by atoms with van der Waals surface area (Å²) in [6.07, 6.45) is 0. The quantitative estimate of drug-likeness (QED) is 0.505. The van der Waals surface area contributed by atoms with Crippen molar-refractivity contribution in [2.75, 3.05) is 0 Å². The zero-order chi connectivity index (χ0) is 18.4. The Balaban J connectivity index is 1.55. The summed E-state index contributed by atoms with van der Waals surface area (Å²) in [5, 5.41) is 21.7. The molecule has 0 aliphatic rings. The molecule has 7 heteroatoms. The van der Waals surface area contributed by atoms with Gasteiger partial charge >= 0.3 is 0 Å². The minimum atomic E-state index is 0.658. The molecule has 3 aromatic heterocycles. The number of hydrogen-bond donors (Lipinski definition) is 1. The van der Waals surface area contributed by atoms with E-state index < -0.39 is 0 Å². The predicted octanol–water partition coefficient (Wildman–Crippen LogP) is 4.53. The molecule has 2 aromatic carbocycles. The smallest absolute Gasteiger partial charge is 0.235 e. The first-order chi connectivity index (χ1) is 13.2. The molecule has 0 atom stereocenters. The van der Waals surface area contributed by atoms with Crippen molar-refractivity contribution in [3.8, 4) is 33.3 Å². The second kappa shape index (κ2) is 6.14. The number of nitrogens with zero attached hydrogens (tertiary/aromatic N) is 5. The van der Waals surface area contributed by atoms with Crippen molar-refractivity contribution in [2.24, 2.45) is 0 Å². The monoisotopic (exact) mass is 372 g/mol. The topological polar surface area (TPSA) is 71.8 Å². The van der Waals surface area contributed by atoms with E-state index in [0.29, 0.717) is 5.82 Å². The fourth-order valence-corrected chi connectivity index (χ4v) is 3.82. The fourth-order valence-electron chi connectivity index (χ4n) is 2.99. The Bertz CT molecular complexity index is 1250. The molecule has 5 aromatic rings. The third-order valence-corrected chi connectivity index (χ3v) is 5.37. The van der Waals surface area contributed by atoms with Gasteiger partial charge < -0.3 is 0 Å². The van der Waals surface area contributed by atoms with E-state index in [1.807, 2.05) is 12.1 Å². The van der Waals surface area contributed by atoms with Gasteiger partial charge in [-0.3, -0.25) is 5.10 Å². The number of hydrogen-bond acceptors (Lipinski definition) is 5. The molecule has 0 unspecified atom stereocenters. The van der Waals surface area contributed by atoms with E-state index in [9.17, 15) is 0 Å². The highest BCUT2D eigenvalue weighted by molar-refractivity contribution is 7.19. The average Bonchev–Trinajstić information content (AvgIpc) is 3.37. The van der Waals surface area contributed by atoms with Crippen LogP contribution in [0.15, 0.2) is 54.6 Å². The van der Waals surface area contributed by atoms with Gasteiger partial charge in [-0.05, 0) is 26.0 Å². The van der Waals surface area contributed by atoms with Crippen LogP contribution in [0.5, 0.6) is 0 Å². The lowest BCUT2D eigenvalue weighted by Gasteiger charge is -1.97. The van der Waals surface area contributed by atoms with Gasteiger partial charge in [0.15, 0.2) is 0 Å². The zero-order valence-electron chi connectivity index (χ0n) is 14.8. The fraction of sp³-hybridized carbons (Fsp3) is 0.100. The van der Waals surface area contributed by atoms with E-state index >= 15 is 0 Å². The lowest BCUT2D eigenvalue weighted by molar-refractivity contribution is 0.954. The number of benzene rings is 2. The molecule has 0 saturated carbocycles. The van der Waals surface area contributed by atoms with E-state index in [2.05, 4.69) is 76.7 Å². The highest BCUT2D eigenvalue weighted by Crippen LogP contribution is 2.29. The number of fused-ring (bicyclic) bond motifs is 1. The van der Waals surface area contributed by atoms with Crippen LogP contribution in [0, 0.1) is 13.8 Å². The second-order valence-electron chi connectivity index (χ2n) is 6.53. The molecule has 0 spiro atoms. The maximum absolute atomic E-state index is 4.72. The number of aromatic nitrogens is 6. The average molecular weight is 372 g/mol. The van der Waals surface area contributed by atoms with Gasteiger partial charge in [-0.1, -0.05) is 64.9 Å². The van der Waals surface area contributed by atoms with Gasteiger partial charge in [0.2, 0.25) is 10.8 Å². The van der Waals surface area contributed by atoms with Crippen LogP contribution < -0.4 is 0 Å². The van der Waals surface area contributed by atoms with Crippen molar-refractivity contribution in [3.63, 3.8) is 0 Å². The second-order valence-corrected chi connectivity index (χ2v) is 7.48. The van der Waals surface area contributed by atoms with Crippen LogP contribution in [0.25, 0.3) is 38.3 Å². The number of aromatic amines is 1. The SMILES string of the molecule is Cc1ccc(-c2cc(-c3nnc4sc(-c5cccc(C)c5)nn34)[nH]n2)cc1. The summed E-state index contributed by atoms with van der Waals surface area (Å²) in [6.45, 7) is 4.15. The molecule has 5 rings (SSSR count). The van der Waals surface area contributed by atoms with Gasteiger partial charge in [0.25, 0.3) is 0 Å². The Kier molecular flexibility index (Phi) is 3.61. The summed E-state index contributed by atoms with van der Waals surface area (Å²) in [6, 6.07) is 18.6. The first-order valence-electron chi connectivity index (χ1n) is 8.59. The van der Waals surface area contributed by atoms with E-state index in [4.69, 9.17) is 5.10 Å². The number of nitrogens with one attached hydrogen (secondary N) is 1. The number of H-pyrrole nitrogens is 1. The molecule has 0 aliphatic carbocycles. The summed E-state index contributed by atoms with van der Waals surface area (Å²) in [7, 11) is 0. The van der Waals surface area contributed by atoms with Crippen molar-refractivity contribution < 1.29 is 0 Å². The lowest BCUT2D eigenvalue weighted by atomic mass is 10.1. The Hall–Kier alpha value is -3.32. The number of rotatable bonds is 3. The van der Waals surface area contributed by atoms with Gasteiger partial charge in [0.05, 0.1) is 5.69 Å². The molecule has 3 heterocycles. The Morgan fingerprint density at radius 1 is 0.889 bits per heavy atom. The van der Waals surface area contributed by atoms with Crippen LogP contribution in [-0.2, 0) is 0 Å². The van der Waals surface area contributed by atoms with Crippen LogP contribution in [0.2, 0.25) is 0 Å². The summed E-state index contributed by atoms with van der Waals surface area (Å²) in [4.78, 5) is 0.757. The minimum Gasteiger partial charge on any atom is -0.274 e. The molecule has 0 saturated heterocycles. The molecule has 6 nitrogen and oxygen atoms in total. The van der Waals surface area contributed by atoms with Gasteiger partial charge in [-0.2, -0.15) is 14.7 Å². The van der Waals surface area contributed by atoms with Gasteiger partial charge in [0.1, 0.15) is 10.7 Å². The summed E-state index contributed by atoms with van der Waals surface area (Å²) < 4.78 is 1.77. The number of aryl methyl sites for hydroxylation is 2. The van der Waals surface area contributed by atoms with E-state index in [1.165, 1.54) is 22.5 Å². The molecule has 0 radical (unpaired) electrons. The minimum absolute atomic E-state index is 0.658. The first kappa shape index (κ1) is 15.9. The molecule has 0 bridgehead atoms. The van der Waals surface area contributed by atoms with E-state index in [1.54, 1.807) is 4.52 Å². The molecular formula is C20H16N6S. The van der Waals surface area contributed by atoms with Crippen LogP contribution in [0.3, 0.4) is 0 Å². The zero-order valence-corrected chi connectivity index (χ0v) is 15.7. The Morgan fingerprint density at radius 3 is 2.56 bits per heavy atom. The standard InChI is InChI=1S/C20H16N6S/c1-12-6-8-14(9-7-12)16-11-17(22-21-16)18-23-24-20-26(18)25-19(27-20)15-5-3-4-13(2)10-15/h3-11H,1-2H3,(H,21,22). The third kappa shape index (κ3) is 2.82. The Labute approximate surface area is 159 Å². The predicted molar refractivity (Wildman–Crippen MR) is 107 cm³/mol. The molecule has 1 N–H and O–H groups in total. The van der Waals surface area contributed by atoms with Crippen molar-refractivity contribution in [1.29, 1.82) is 0 Å². The largest absolute Gasteiger partial charge is 0.274 e. The van der Waals surface area contributed by atoms with Crippen molar-refractivity contribution in [2.45, 2.75) is 13.8 Å². The lowest BCUT2D eigenvalue weighted by Crippen LogP contribution is -1.91. The maximum atomic E-state index is 4.72. The van der Waals surface area contributed by atoms with Crippen LogP contribution in [0.1, 0.15) is 11.1 Å². The van der Waals surface area contributed by atoms with Crippen LogP contribution >= 0.6 is 11.3 Å². The molecule has 0 amide bonds.